The number of carbonyl (C=O) groups is 1. The Morgan fingerprint density at radius 3 is 2.23 bits per heavy atom. The van der Waals surface area contributed by atoms with Gasteiger partial charge in [0.05, 0.1) is 23.6 Å². The van der Waals surface area contributed by atoms with Gasteiger partial charge in [-0.1, -0.05) is 56.3 Å². The van der Waals surface area contributed by atoms with Gasteiger partial charge in [0.15, 0.2) is 0 Å². The molecular formula is C30H31FN3O4P. The van der Waals surface area contributed by atoms with Gasteiger partial charge < -0.3 is 15.1 Å². The number of rotatable bonds is 10. The van der Waals surface area contributed by atoms with Gasteiger partial charge in [0.25, 0.3) is 0 Å². The third-order valence-corrected chi connectivity index (χ3v) is 9.00. The molecule has 0 radical (unpaired) electrons. The second-order valence-electron chi connectivity index (χ2n) is 9.28. The molecule has 0 fully saturated rings. The van der Waals surface area contributed by atoms with Crippen molar-refractivity contribution in [3.8, 4) is 11.3 Å². The van der Waals surface area contributed by atoms with E-state index in [1.54, 1.807) is 62.5 Å². The third kappa shape index (κ3) is 6.25. The summed E-state index contributed by atoms with van der Waals surface area (Å²) in [5.74, 6) is -0.720. The molecule has 1 amide bonds. The fourth-order valence-electron chi connectivity index (χ4n) is 4.77. The number of aromatic nitrogens is 2. The predicted molar refractivity (Wildman–Crippen MR) is 152 cm³/mol. The predicted octanol–water partition coefficient (Wildman–Crippen LogP) is 6.58. The van der Waals surface area contributed by atoms with Crippen LogP contribution in [0.2, 0.25) is 0 Å². The van der Waals surface area contributed by atoms with Gasteiger partial charge >= 0.3 is 7.60 Å². The van der Waals surface area contributed by atoms with Gasteiger partial charge in [-0.2, -0.15) is 5.10 Å². The van der Waals surface area contributed by atoms with E-state index >= 15 is 0 Å². The number of amides is 1. The van der Waals surface area contributed by atoms with E-state index in [2.05, 4.69) is 10.4 Å². The summed E-state index contributed by atoms with van der Waals surface area (Å²) >= 11 is 0. The van der Waals surface area contributed by atoms with Crippen LogP contribution in [0, 0.1) is 5.82 Å². The molecule has 0 saturated heterocycles. The van der Waals surface area contributed by atoms with Crippen molar-refractivity contribution >= 4 is 25.3 Å². The Balaban J connectivity index is 1.55. The highest BCUT2D eigenvalue weighted by atomic mass is 31.2. The van der Waals surface area contributed by atoms with Gasteiger partial charge in [-0.15, -0.1) is 0 Å². The van der Waals surface area contributed by atoms with Crippen LogP contribution in [0.4, 0.5) is 10.1 Å². The molecule has 0 atom stereocenters. The summed E-state index contributed by atoms with van der Waals surface area (Å²) in [6.45, 7) is 4.02. The highest BCUT2D eigenvalue weighted by Crippen LogP contribution is 2.60. The van der Waals surface area contributed by atoms with E-state index in [0.29, 0.717) is 23.4 Å². The zero-order chi connectivity index (χ0) is 28.0. The van der Waals surface area contributed by atoms with Crippen molar-refractivity contribution in [2.75, 3.05) is 5.32 Å². The van der Waals surface area contributed by atoms with Crippen molar-refractivity contribution in [1.82, 2.24) is 9.78 Å². The monoisotopic (exact) mass is 547 g/mol. The fourth-order valence-corrected chi connectivity index (χ4v) is 6.08. The molecule has 4 rings (SSSR count). The molecular weight excluding hydrogens is 516 g/mol. The molecule has 1 heterocycles. The largest absolute Gasteiger partial charge is 0.335 e. The van der Waals surface area contributed by atoms with Crippen LogP contribution in [0.3, 0.4) is 0 Å². The number of carbonyl (C=O) groups excluding carboxylic acids is 1. The molecule has 0 unspecified atom stereocenters. The lowest BCUT2D eigenvalue weighted by molar-refractivity contribution is -0.111. The first-order chi connectivity index (χ1) is 18.7. The summed E-state index contributed by atoms with van der Waals surface area (Å²) in [4.78, 5) is 32.7. The minimum Gasteiger partial charge on any atom is -0.324 e. The zero-order valence-corrected chi connectivity index (χ0v) is 22.7. The van der Waals surface area contributed by atoms with Crippen LogP contribution in [-0.4, -0.2) is 25.5 Å². The minimum absolute atomic E-state index is 0.288. The maximum absolute atomic E-state index is 13.6. The molecule has 7 nitrogen and oxygen atoms in total. The van der Waals surface area contributed by atoms with Crippen LogP contribution < -0.4 is 5.32 Å². The zero-order valence-electron chi connectivity index (χ0n) is 21.8. The molecule has 0 aliphatic heterocycles. The Morgan fingerprint density at radius 2 is 1.64 bits per heavy atom. The number of anilines is 1. The Bertz CT molecular complexity index is 1490. The molecule has 39 heavy (non-hydrogen) atoms. The van der Waals surface area contributed by atoms with Crippen molar-refractivity contribution < 1.29 is 23.5 Å². The number of nitrogens with zero attached hydrogens (tertiary/aromatic N) is 2. The molecule has 0 saturated carbocycles. The van der Waals surface area contributed by atoms with Gasteiger partial charge in [0.2, 0.25) is 5.91 Å². The van der Waals surface area contributed by atoms with Crippen LogP contribution in [0.1, 0.15) is 43.4 Å². The number of hydrogen-bond donors (Lipinski definition) is 3. The van der Waals surface area contributed by atoms with Gasteiger partial charge in [-0.25, -0.2) is 4.39 Å². The van der Waals surface area contributed by atoms with Crippen LogP contribution >= 0.6 is 7.60 Å². The highest BCUT2D eigenvalue weighted by molar-refractivity contribution is 7.53. The lowest BCUT2D eigenvalue weighted by Crippen LogP contribution is -2.24. The quantitative estimate of drug-likeness (QED) is 0.154. The summed E-state index contributed by atoms with van der Waals surface area (Å²) in [7, 11) is -4.40. The molecule has 0 bridgehead atoms. The average Bonchev–Trinajstić information content (AvgIpc) is 3.32. The van der Waals surface area contributed by atoms with E-state index in [1.807, 2.05) is 35.0 Å². The molecule has 3 N–H and O–H groups in total. The lowest BCUT2D eigenvalue weighted by Gasteiger charge is -2.33. The first-order valence-electron chi connectivity index (χ1n) is 12.7. The van der Waals surface area contributed by atoms with E-state index in [9.17, 15) is 23.5 Å². The van der Waals surface area contributed by atoms with Gasteiger partial charge in [-0.05, 0) is 66.4 Å². The summed E-state index contributed by atoms with van der Waals surface area (Å²) in [5.41, 5.74) is 4.29. The molecule has 0 spiro atoms. The van der Waals surface area contributed by atoms with Crippen LogP contribution in [-0.2, 0) is 21.1 Å². The van der Waals surface area contributed by atoms with E-state index in [-0.39, 0.29) is 24.6 Å². The maximum Gasteiger partial charge on any atom is 0.335 e. The first-order valence-corrected chi connectivity index (χ1v) is 14.3. The van der Waals surface area contributed by atoms with Gasteiger partial charge in [0, 0.05) is 22.9 Å². The van der Waals surface area contributed by atoms with E-state index in [4.69, 9.17) is 0 Å². The number of hydrogen-bond acceptors (Lipinski definition) is 3. The van der Waals surface area contributed by atoms with Crippen molar-refractivity contribution in [3.05, 3.63) is 114 Å². The number of nitrogens with one attached hydrogen (secondary N) is 1. The molecule has 0 aliphatic rings. The van der Waals surface area contributed by atoms with E-state index in [1.165, 1.54) is 18.2 Å². The second kappa shape index (κ2) is 11.9. The smallest absolute Gasteiger partial charge is 0.324 e. The van der Waals surface area contributed by atoms with Crippen LogP contribution in [0.5, 0.6) is 0 Å². The fraction of sp³-hybridized carbons (Fsp3) is 0.200. The molecule has 1 aromatic heterocycles. The van der Waals surface area contributed by atoms with E-state index in [0.717, 1.165) is 16.8 Å². The van der Waals surface area contributed by atoms with E-state index < -0.39 is 12.8 Å². The Morgan fingerprint density at radius 1 is 1.00 bits per heavy atom. The summed E-state index contributed by atoms with van der Waals surface area (Å²) < 4.78 is 27.7. The highest BCUT2D eigenvalue weighted by Gasteiger charge is 2.45. The molecule has 3 aromatic carbocycles. The van der Waals surface area contributed by atoms with Gasteiger partial charge in [-0.3, -0.25) is 14.0 Å². The van der Waals surface area contributed by atoms with Crippen molar-refractivity contribution in [2.24, 2.45) is 0 Å². The van der Waals surface area contributed by atoms with Crippen molar-refractivity contribution in [1.29, 1.82) is 0 Å². The molecule has 4 aromatic rings. The first kappa shape index (κ1) is 28.2. The molecule has 0 aliphatic carbocycles. The SMILES string of the molecule is CCC(CC)(c1ccc(NC(=O)C=Cc2cnn(Cc3ccccc3)c2-c2ccc(F)cc2)cc1)P(=O)(O)O. The minimum atomic E-state index is -4.40. The number of halogens is 1. The van der Waals surface area contributed by atoms with Crippen LogP contribution in [0.25, 0.3) is 17.3 Å². The summed E-state index contributed by atoms with van der Waals surface area (Å²) in [5, 5.41) is 6.04. The molecule has 202 valence electrons. The van der Waals surface area contributed by atoms with Gasteiger partial charge in [0.1, 0.15) is 5.82 Å². The van der Waals surface area contributed by atoms with Crippen molar-refractivity contribution in [2.45, 2.75) is 38.4 Å². The van der Waals surface area contributed by atoms with Crippen molar-refractivity contribution in [3.63, 3.8) is 0 Å². The Kier molecular flexibility index (Phi) is 8.60. The topological polar surface area (TPSA) is 104 Å². The third-order valence-electron chi connectivity index (χ3n) is 6.99. The van der Waals surface area contributed by atoms with Crippen LogP contribution in [0.15, 0.2) is 91.1 Å². The Labute approximate surface area is 227 Å². The standard InChI is InChI=1S/C30H31FN3O4P/c1-3-30(4-2,39(36,37)38)25-13-17-27(18-14-25)33-28(35)19-12-24-20-32-34(21-22-8-6-5-7-9-22)29(24)23-10-15-26(31)16-11-23/h5-20H,3-4,21H2,1-2H3,(H,33,35)(H2,36,37,38). The summed E-state index contributed by atoms with van der Waals surface area (Å²) in [6.07, 6.45) is 5.29. The number of benzene rings is 3. The molecule has 9 heteroatoms. The second-order valence-corrected chi connectivity index (χ2v) is 11.2. The maximum atomic E-state index is 13.6. The normalized spacial score (nSPS) is 12.1. The lowest BCUT2D eigenvalue weighted by atomic mass is 9.92. The average molecular weight is 548 g/mol. The summed E-state index contributed by atoms with van der Waals surface area (Å²) in [6, 6.07) is 22.5. The Hall–Kier alpha value is -3.84.